The lowest BCUT2D eigenvalue weighted by Gasteiger charge is -2.21. The third-order valence-corrected chi connectivity index (χ3v) is 5.96. The van der Waals surface area contributed by atoms with Crippen molar-refractivity contribution in [3.05, 3.63) is 63.4 Å². The van der Waals surface area contributed by atoms with Crippen LogP contribution >= 0.6 is 15.9 Å². The Labute approximate surface area is 160 Å². The Morgan fingerprint density at radius 1 is 1.31 bits per heavy atom. The lowest BCUT2D eigenvalue weighted by molar-refractivity contribution is 0.0950. The van der Waals surface area contributed by atoms with Gasteiger partial charge in [-0.25, -0.2) is 12.8 Å². The van der Waals surface area contributed by atoms with Gasteiger partial charge >= 0.3 is 0 Å². The van der Waals surface area contributed by atoms with Gasteiger partial charge in [0, 0.05) is 22.6 Å². The third-order valence-electron chi connectivity index (χ3n) is 4.23. The van der Waals surface area contributed by atoms with Crippen molar-refractivity contribution in [2.45, 2.75) is 25.9 Å². The Morgan fingerprint density at radius 2 is 2.04 bits per heavy atom. The Hall–Kier alpha value is -1.93. The fourth-order valence-corrected chi connectivity index (χ4v) is 5.02. The van der Waals surface area contributed by atoms with E-state index in [9.17, 15) is 17.6 Å². The van der Waals surface area contributed by atoms with Gasteiger partial charge < -0.3 is 5.32 Å². The minimum Gasteiger partial charge on any atom is -0.348 e. The summed E-state index contributed by atoms with van der Waals surface area (Å²) >= 11 is 3.22. The SMILES string of the molecule is CC1Cc2cc(C(=O)NCc3cc(F)cc(Br)c3)ccc2N1S(C)(=O)=O. The smallest absolute Gasteiger partial charge is 0.251 e. The number of rotatable bonds is 4. The van der Waals surface area contributed by atoms with Gasteiger partial charge in [0.15, 0.2) is 0 Å². The van der Waals surface area contributed by atoms with Crippen LogP contribution in [0.15, 0.2) is 40.9 Å². The number of benzene rings is 2. The van der Waals surface area contributed by atoms with E-state index in [-0.39, 0.29) is 24.3 Å². The first-order valence-corrected chi connectivity index (χ1v) is 10.6. The number of sulfonamides is 1. The van der Waals surface area contributed by atoms with Crippen molar-refractivity contribution in [2.24, 2.45) is 0 Å². The fourth-order valence-electron chi connectivity index (χ4n) is 3.25. The molecule has 0 fully saturated rings. The molecule has 8 heteroatoms. The highest BCUT2D eigenvalue weighted by Gasteiger charge is 2.32. The average Bonchev–Trinajstić information content (AvgIpc) is 2.86. The second kappa shape index (κ2) is 7.00. The summed E-state index contributed by atoms with van der Waals surface area (Å²) in [5, 5.41) is 2.76. The summed E-state index contributed by atoms with van der Waals surface area (Å²) in [6, 6.07) is 9.24. The van der Waals surface area contributed by atoms with Crippen LogP contribution in [-0.4, -0.2) is 26.6 Å². The highest BCUT2D eigenvalue weighted by Crippen LogP contribution is 2.34. The summed E-state index contributed by atoms with van der Waals surface area (Å²) in [5.41, 5.74) is 2.53. The molecule has 2 aromatic rings. The molecule has 5 nitrogen and oxygen atoms in total. The summed E-state index contributed by atoms with van der Waals surface area (Å²) in [7, 11) is -3.36. The molecule has 0 bridgehead atoms. The van der Waals surface area contributed by atoms with Crippen molar-refractivity contribution in [1.82, 2.24) is 5.32 Å². The molecule has 1 aliphatic heterocycles. The topological polar surface area (TPSA) is 66.5 Å². The Morgan fingerprint density at radius 3 is 2.69 bits per heavy atom. The lowest BCUT2D eigenvalue weighted by Crippen LogP contribution is -2.34. The van der Waals surface area contributed by atoms with Crippen LogP contribution in [0.3, 0.4) is 0 Å². The van der Waals surface area contributed by atoms with Crippen molar-refractivity contribution < 1.29 is 17.6 Å². The van der Waals surface area contributed by atoms with Gasteiger partial charge in [-0.3, -0.25) is 9.10 Å². The molecule has 26 heavy (non-hydrogen) atoms. The van der Waals surface area contributed by atoms with Gasteiger partial charge in [-0.05, 0) is 60.9 Å². The largest absolute Gasteiger partial charge is 0.348 e. The summed E-state index contributed by atoms with van der Waals surface area (Å²) in [4.78, 5) is 12.4. The van der Waals surface area contributed by atoms with E-state index >= 15 is 0 Å². The van der Waals surface area contributed by atoms with Crippen LogP contribution in [0.1, 0.15) is 28.4 Å². The zero-order valence-corrected chi connectivity index (χ0v) is 16.7. The molecule has 0 spiro atoms. The van der Waals surface area contributed by atoms with Crippen molar-refractivity contribution in [3.63, 3.8) is 0 Å². The number of fused-ring (bicyclic) bond motifs is 1. The van der Waals surface area contributed by atoms with Crippen LogP contribution in [0.25, 0.3) is 0 Å². The normalized spacial score (nSPS) is 16.5. The number of anilines is 1. The molecule has 0 saturated heterocycles. The minimum absolute atomic E-state index is 0.178. The van der Waals surface area contributed by atoms with Gasteiger partial charge in [-0.15, -0.1) is 0 Å². The Balaban J connectivity index is 1.77. The van der Waals surface area contributed by atoms with E-state index in [0.717, 1.165) is 5.56 Å². The lowest BCUT2D eigenvalue weighted by atomic mass is 10.1. The van der Waals surface area contributed by atoms with E-state index in [1.54, 1.807) is 24.3 Å². The van der Waals surface area contributed by atoms with E-state index in [1.165, 1.54) is 22.7 Å². The molecule has 1 heterocycles. The van der Waals surface area contributed by atoms with Gasteiger partial charge in [0.2, 0.25) is 10.0 Å². The van der Waals surface area contributed by atoms with E-state index in [4.69, 9.17) is 0 Å². The van der Waals surface area contributed by atoms with Crippen LogP contribution in [0, 0.1) is 5.82 Å². The van der Waals surface area contributed by atoms with E-state index in [1.807, 2.05) is 6.92 Å². The zero-order chi connectivity index (χ0) is 19.1. The molecule has 0 radical (unpaired) electrons. The third kappa shape index (κ3) is 3.91. The standard InChI is InChI=1S/C18H18BrFN2O3S/c1-11-5-14-8-13(3-4-17(14)22(11)26(2,24)25)18(23)21-10-12-6-15(19)9-16(20)7-12/h3-4,6-9,11H,5,10H2,1-2H3,(H,21,23). The zero-order valence-electron chi connectivity index (χ0n) is 14.3. The highest BCUT2D eigenvalue weighted by atomic mass is 79.9. The monoisotopic (exact) mass is 440 g/mol. The molecule has 1 amide bonds. The second-order valence-corrected chi connectivity index (χ2v) is 9.19. The van der Waals surface area contributed by atoms with E-state index < -0.39 is 10.0 Å². The predicted molar refractivity (Wildman–Crippen MR) is 102 cm³/mol. The molecular weight excluding hydrogens is 423 g/mol. The molecule has 1 atom stereocenters. The Kier molecular flexibility index (Phi) is 5.07. The number of carbonyl (C=O) groups is 1. The molecule has 1 aliphatic rings. The number of hydrogen-bond acceptors (Lipinski definition) is 3. The molecular formula is C18H18BrFN2O3S. The van der Waals surface area contributed by atoms with E-state index in [0.29, 0.717) is 27.7 Å². The van der Waals surface area contributed by atoms with Gasteiger partial charge in [-0.2, -0.15) is 0 Å². The van der Waals surface area contributed by atoms with Crippen LogP contribution in [0.2, 0.25) is 0 Å². The second-order valence-electron chi connectivity index (χ2n) is 6.42. The molecule has 1 N–H and O–H groups in total. The summed E-state index contributed by atoms with van der Waals surface area (Å²) in [6.45, 7) is 2.03. The van der Waals surface area contributed by atoms with Crippen LogP contribution in [0.4, 0.5) is 10.1 Å². The Bertz CT molecular complexity index is 958. The highest BCUT2D eigenvalue weighted by molar-refractivity contribution is 9.10. The predicted octanol–water partition coefficient (Wildman–Crippen LogP) is 3.23. The van der Waals surface area contributed by atoms with Gasteiger partial charge in [0.25, 0.3) is 5.91 Å². The number of nitrogens with one attached hydrogen (secondary N) is 1. The van der Waals surface area contributed by atoms with E-state index in [2.05, 4.69) is 21.2 Å². The molecule has 0 aromatic heterocycles. The van der Waals surface area contributed by atoms with Crippen molar-refractivity contribution in [2.75, 3.05) is 10.6 Å². The van der Waals surface area contributed by atoms with Crippen LogP contribution in [-0.2, 0) is 23.0 Å². The van der Waals surface area contributed by atoms with Crippen molar-refractivity contribution in [3.8, 4) is 0 Å². The summed E-state index contributed by atoms with van der Waals surface area (Å²) in [6.07, 6.45) is 1.73. The summed E-state index contributed by atoms with van der Waals surface area (Å²) < 4.78 is 39.3. The summed E-state index contributed by atoms with van der Waals surface area (Å²) in [5.74, 6) is -0.672. The first-order chi connectivity index (χ1) is 12.1. The fraction of sp³-hybridized carbons (Fsp3) is 0.278. The van der Waals surface area contributed by atoms with Gasteiger partial charge in [0.05, 0.1) is 11.9 Å². The van der Waals surface area contributed by atoms with Gasteiger partial charge in [-0.1, -0.05) is 15.9 Å². The molecule has 3 rings (SSSR count). The molecule has 2 aromatic carbocycles. The van der Waals surface area contributed by atoms with Crippen molar-refractivity contribution >= 4 is 37.5 Å². The maximum Gasteiger partial charge on any atom is 0.251 e. The quantitative estimate of drug-likeness (QED) is 0.793. The van der Waals surface area contributed by atoms with Gasteiger partial charge in [0.1, 0.15) is 5.82 Å². The maximum absolute atomic E-state index is 13.4. The minimum atomic E-state index is -3.36. The molecule has 0 saturated carbocycles. The average molecular weight is 441 g/mol. The van der Waals surface area contributed by atoms with Crippen molar-refractivity contribution in [1.29, 1.82) is 0 Å². The first-order valence-electron chi connectivity index (χ1n) is 8.00. The molecule has 0 aliphatic carbocycles. The molecule has 138 valence electrons. The number of carbonyl (C=O) groups excluding carboxylic acids is 1. The maximum atomic E-state index is 13.4. The number of halogens is 2. The molecule has 1 unspecified atom stereocenters. The van der Waals surface area contributed by atoms with Crippen LogP contribution in [0.5, 0.6) is 0 Å². The number of hydrogen-bond donors (Lipinski definition) is 1. The number of amides is 1. The first kappa shape index (κ1) is 18.8. The number of nitrogens with zero attached hydrogens (tertiary/aromatic N) is 1. The van der Waals surface area contributed by atoms with Crippen LogP contribution < -0.4 is 9.62 Å².